The predicted molar refractivity (Wildman–Crippen MR) is 59.5 cm³/mol. The van der Waals surface area contributed by atoms with Crippen molar-refractivity contribution < 1.29 is 13.2 Å². The van der Waals surface area contributed by atoms with Crippen LogP contribution in [0.1, 0.15) is 5.76 Å². The number of nitrogen functional groups attached to an aromatic ring is 1. The third-order valence-corrected chi connectivity index (χ3v) is 2.20. The normalized spacial score (nSPS) is 10.5. The molecule has 17 heavy (non-hydrogen) atoms. The summed E-state index contributed by atoms with van der Waals surface area (Å²) in [6.45, 7) is 0.419. The Balaban J connectivity index is 1.97. The Morgan fingerprint density at radius 2 is 2.18 bits per heavy atom. The van der Waals surface area contributed by atoms with Crippen LogP contribution >= 0.6 is 0 Å². The summed E-state index contributed by atoms with van der Waals surface area (Å²) < 4.78 is 31.2. The minimum atomic E-state index is -0.862. The Kier molecular flexibility index (Phi) is 3.22. The maximum absolute atomic E-state index is 13.3. The van der Waals surface area contributed by atoms with Gasteiger partial charge >= 0.3 is 0 Å². The highest BCUT2D eigenvalue weighted by molar-refractivity contribution is 5.44. The lowest BCUT2D eigenvalue weighted by Gasteiger charge is -2.06. The predicted octanol–water partition coefficient (Wildman–Crippen LogP) is 2.19. The molecule has 3 N–H and O–H groups in total. The summed E-state index contributed by atoms with van der Waals surface area (Å²) in [5.74, 6) is -1.24. The minimum Gasteiger partial charge on any atom is -0.469 e. The highest BCUT2D eigenvalue weighted by Crippen LogP contribution is 2.16. The van der Waals surface area contributed by atoms with Crippen LogP contribution in [0.4, 0.5) is 20.4 Å². The molecule has 0 unspecified atom stereocenters. The summed E-state index contributed by atoms with van der Waals surface area (Å²) >= 11 is 0. The van der Waals surface area contributed by atoms with Gasteiger partial charge in [-0.1, -0.05) is 0 Å². The number of aromatic nitrogens is 1. The molecule has 0 atom stereocenters. The molecule has 0 aromatic carbocycles. The maximum atomic E-state index is 13.3. The van der Waals surface area contributed by atoms with Crippen LogP contribution < -0.4 is 11.1 Å². The van der Waals surface area contributed by atoms with Gasteiger partial charge in [-0.05, 0) is 12.1 Å². The fraction of sp³-hybridized carbons (Fsp3) is 0.182. The van der Waals surface area contributed by atoms with Crippen LogP contribution in [0.15, 0.2) is 28.9 Å². The van der Waals surface area contributed by atoms with Crippen LogP contribution in [0.25, 0.3) is 0 Å². The third kappa shape index (κ3) is 2.72. The van der Waals surface area contributed by atoms with E-state index in [1.807, 2.05) is 6.07 Å². The molecule has 4 nitrogen and oxygen atoms in total. The first-order chi connectivity index (χ1) is 8.16. The summed E-state index contributed by atoms with van der Waals surface area (Å²) in [4.78, 5) is 3.58. The van der Waals surface area contributed by atoms with Gasteiger partial charge in [0.25, 0.3) is 0 Å². The summed E-state index contributed by atoms with van der Waals surface area (Å²) in [6, 6.07) is 4.28. The Morgan fingerprint density at radius 3 is 2.88 bits per heavy atom. The van der Waals surface area contributed by atoms with E-state index in [9.17, 15) is 8.78 Å². The van der Waals surface area contributed by atoms with Gasteiger partial charge in [0.2, 0.25) is 0 Å². The van der Waals surface area contributed by atoms with Crippen LogP contribution in [-0.4, -0.2) is 11.5 Å². The van der Waals surface area contributed by atoms with Crippen LogP contribution in [-0.2, 0) is 6.42 Å². The first-order valence-electron chi connectivity index (χ1n) is 5.04. The quantitative estimate of drug-likeness (QED) is 0.858. The number of pyridine rings is 1. The van der Waals surface area contributed by atoms with Crippen molar-refractivity contribution in [2.24, 2.45) is 0 Å². The van der Waals surface area contributed by atoms with Gasteiger partial charge < -0.3 is 15.5 Å². The molecule has 0 aliphatic heterocycles. The molecule has 0 spiro atoms. The van der Waals surface area contributed by atoms with Gasteiger partial charge in [-0.25, -0.2) is 13.8 Å². The van der Waals surface area contributed by atoms with E-state index in [1.54, 1.807) is 12.3 Å². The van der Waals surface area contributed by atoms with Crippen LogP contribution in [0.3, 0.4) is 0 Å². The molecule has 90 valence electrons. The second-order valence-corrected chi connectivity index (χ2v) is 3.44. The average molecular weight is 239 g/mol. The summed E-state index contributed by atoms with van der Waals surface area (Å²) in [5.41, 5.74) is 5.24. The van der Waals surface area contributed by atoms with Crippen LogP contribution in [0.5, 0.6) is 0 Å². The summed E-state index contributed by atoms with van der Waals surface area (Å²) in [5, 5.41) is 2.73. The molecule has 0 radical (unpaired) electrons. The van der Waals surface area contributed by atoms with E-state index in [0.717, 1.165) is 5.76 Å². The second kappa shape index (κ2) is 4.82. The monoisotopic (exact) mass is 239 g/mol. The number of nitrogens with zero attached hydrogens (tertiary/aromatic N) is 1. The topological polar surface area (TPSA) is 64.1 Å². The number of anilines is 2. The number of furan rings is 1. The number of rotatable bonds is 4. The molecule has 6 heteroatoms. The summed E-state index contributed by atoms with van der Waals surface area (Å²) in [7, 11) is 0. The largest absolute Gasteiger partial charge is 0.469 e. The fourth-order valence-corrected chi connectivity index (χ4v) is 1.36. The van der Waals surface area contributed by atoms with Gasteiger partial charge in [0.05, 0.1) is 6.26 Å². The van der Waals surface area contributed by atoms with Gasteiger partial charge in [0.1, 0.15) is 5.76 Å². The molecule has 0 saturated heterocycles. The van der Waals surface area contributed by atoms with Crippen molar-refractivity contribution in [3.05, 3.63) is 41.9 Å². The maximum Gasteiger partial charge on any atom is 0.168 e. The van der Waals surface area contributed by atoms with E-state index in [2.05, 4.69) is 10.3 Å². The van der Waals surface area contributed by atoms with Crippen LogP contribution in [0.2, 0.25) is 0 Å². The Hall–Kier alpha value is -2.11. The number of nitrogens with two attached hydrogens (primary N) is 1. The SMILES string of the molecule is Nc1nc(NCCc2ccco2)c(F)cc1F. The van der Waals surface area contributed by atoms with E-state index >= 15 is 0 Å². The molecule has 0 saturated carbocycles. The van der Waals surface area contributed by atoms with Crippen molar-refractivity contribution in [2.75, 3.05) is 17.6 Å². The van der Waals surface area contributed by atoms with Crippen LogP contribution in [0, 0.1) is 11.6 Å². The van der Waals surface area contributed by atoms with Crippen molar-refractivity contribution in [1.29, 1.82) is 0 Å². The second-order valence-electron chi connectivity index (χ2n) is 3.44. The van der Waals surface area contributed by atoms with E-state index in [-0.39, 0.29) is 11.6 Å². The molecular formula is C11H11F2N3O. The highest BCUT2D eigenvalue weighted by Gasteiger charge is 2.09. The zero-order valence-electron chi connectivity index (χ0n) is 8.91. The van der Waals surface area contributed by atoms with Gasteiger partial charge in [0.15, 0.2) is 23.3 Å². The molecule has 0 fully saturated rings. The zero-order valence-corrected chi connectivity index (χ0v) is 8.91. The first kappa shape index (κ1) is 11.4. The third-order valence-electron chi connectivity index (χ3n) is 2.20. The molecule has 0 bridgehead atoms. The van der Waals surface area contributed by atoms with Gasteiger partial charge in [-0.3, -0.25) is 0 Å². The number of hydrogen-bond acceptors (Lipinski definition) is 4. The van der Waals surface area contributed by atoms with Crippen molar-refractivity contribution in [3.8, 4) is 0 Å². The van der Waals surface area contributed by atoms with E-state index < -0.39 is 11.6 Å². The lowest BCUT2D eigenvalue weighted by atomic mass is 10.3. The summed E-state index contributed by atoms with van der Waals surface area (Å²) in [6.07, 6.45) is 2.13. The molecule has 2 aromatic rings. The number of halogens is 2. The Labute approximate surface area is 96.5 Å². The fourth-order valence-electron chi connectivity index (χ4n) is 1.36. The first-order valence-corrected chi connectivity index (χ1v) is 5.04. The van der Waals surface area contributed by atoms with E-state index in [1.165, 1.54) is 0 Å². The van der Waals surface area contributed by atoms with Crippen molar-refractivity contribution in [2.45, 2.75) is 6.42 Å². The highest BCUT2D eigenvalue weighted by atomic mass is 19.1. The average Bonchev–Trinajstić information content (AvgIpc) is 2.78. The van der Waals surface area contributed by atoms with Gasteiger partial charge in [-0.2, -0.15) is 0 Å². The molecule has 0 aliphatic rings. The molecule has 0 aliphatic carbocycles. The van der Waals surface area contributed by atoms with Gasteiger partial charge in [-0.15, -0.1) is 0 Å². The minimum absolute atomic E-state index is 0.0598. The van der Waals surface area contributed by atoms with Crippen molar-refractivity contribution in [1.82, 2.24) is 4.98 Å². The standard InChI is InChI=1S/C11H11F2N3O/c12-8-6-9(13)11(16-10(8)14)15-4-3-7-2-1-5-17-7/h1-2,5-6H,3-4H2,(H3,14,15,16). The van der Waals surface area contributed by atoms with E-state index in [0.29, 0.717) is 19.0 Å². The zero-order chi connectivity index (χ0) is 12.3. The number of hydrogen-bond donors (Lipinski definition) is 2. The molecule has 0 amide bonds. The Morgan fingerprint density at radius 1 is 1.35 bits per heavy atom. The Bertz CT molecular complexity index is 500. The van der Waals surface area contributed by atoms with Gasteiger partial charge in [0, 0.05) is 19.0 Å². The lowest BCUT2D eigenvalue weighted by Crippen LogP contribution is -2.09. The van der Waals surface area contributed by atoms with Crippen molar-refractivity contribution >= 4 is 11.6 Å². The molecular weight excluding hydrogens is 228 g/mol. The molecule has 2 heterocycles. The lowest BCUT2D eigenvalue weighted by molar-refractivity contribution is 0.512. The smallest absolute Gasteiger partial charge is 0.168 e. The molecule has 2 rings (SSSR count). The molecule has 2 aromatic heterocycles. The number of nitrogens with one attached hydrogen (secondary N) is 1. The van der Waals surface area contributed by atoms with Crippen molar-refractivity contribution in [3.63, 3.8) is 0 Å². The van der Waals surface area contributed by atoms with E-state index in [4.69, 9.17) is 10.2 Å².